The predicted octanol–water partition coefficient (Wildman–Crippen LogP) is 4.43. The molecule has 1 aromatic heterocycles. The minimum absolute atomic E-state index is 0.0231. The third kappa shape index (κ3) is 14.6. The number of piperazine rings is 1. The zero-order chi connectivity index (χ0) is 53.6. The van der Waals surface area contributed by atoms with Crippen LogP contribution >= 0.6 is 15.9 Å². The van der Waals surface area contributed by atoms with Gasteiger partial charge in [-0.15, -0.1) is 0 Å². The minimum Gasteiger partial charge on any atom is -0.409 e. The molecule has 5 aromatic rings. The highest BCUT2D eigenvalue weighted by Crippen LogP contribution is 2.46. The second kappa shape index (κ2) is 26.4. The number of fused-ring (bicyclic) bond motifs is 4. The van der Waals surface area contributed by atoms with Gasteiger partial charge < -0.3 is 72.5 Å². The topological polar surface area (TPSA) is 288 Å². The van der Waals surface area contributed by atoms with Gasteiger partial charge in [-0.3, -0.25) is 24.0 Å². The number of nitrogens with two attached hydrogens (primary N) is 2. The molecule has 11 N–H and O–H groups in total. The first kappa shape index (κ1) is 55.6. The Labute approximate surface area is 443 Å². The Kier molecular flexibility index (Phi) is 19.6. The average molecular weight is 1100 g/mol. The van der Waals surface area contributed by atoms with E-state index < -0.39 is 41.9 Å². The van der Waals surface area contributed by atoms with Crippen molar-refractivity contribution in [1.82, 2.24) is 36.1 Å². The van der Waals surface area contributed by atoms with Gasteiger partial charge in [-0.2, -0.15) is 0 Å². The van der Waals surface area contributed by atoms with Crippen LogP contribution in [0, 0.1) is 5.92 Å². The lowest BCUT2D eigenvalue weighted by molar-refractivity contribution is -0.128. The fourth-order valence-corrected chi connectivity index (χ4v) is 9.65. The van der Waals surface area contributed by atoms with Gasteiger partial charge in [0.15, 0.2) is 0 Å². The number of amides is 8. The van der Waals surface area contributed by atoms with Crippen LogP contribution in [0.3, 0.4) is 0 Å². The van der Waals surface area contributed by atoms with Crippen molar-refractivity contribution in [2.24, 2.45) is 17.4 Å². The lowest BCUT2D eigenvalue weighted by Crippen LogP contribution is -2.54. The van der Waals surface area contributed by atoms with Crippen molar-refractivity contribution in [3.8, 4) is 5.75 Å². The number of primary amides is 1. The molecule has 21 nitrogen and oxygen atoms in total. The van der Waals surface area contributed by atoms with E-state index in [0.717, 1.165) is 29.4 Å². The molecule has 1 fully saturated rings. The fourth-order valence-electron chi connectivity index (χ4n) is 9.12. The Bertz CT molecular complexity index is 2850. The van der Waals surface area contributed by atoms with Crippen LogP contribution in [-0.2, 0) is 19.1 Å². The number of rotatable bonds is 23. The molecule has 4 aromatic carbocycles. The number of ether oxygens (including phenoxy) is 2. The zero-order valence-corrected chi connectivity index (χ0v) is 44.1. The number of hydrogen-bond donors (Lipinski definition) is 9. The number of aromatic nitrogens is 1. The van der Waals surface area contributed by atoms with Gasteiger partial charge in [0.05, 0.1) is 24.9 Å². The molecule has 7 rings (SSSR count). The van der Waals surface area contributed by atoms with E-state index in [2.05, 4.69) is 57.7 Å². The molecule has 22 heteroatoms. The maximum atomic E-state index is 14.5. The molecule has 2 aliphatic rings. The lowest BCUT2D eigenvalue weighted by atomic mass is 9.95. The summed E-state index contributed by atoms with van der Waals surface area (Å²) in [5.74, 6) is -1.62. The number of nitrogens with one attached hydrogen (secondary N) is 7. The average Bonchev–Trinajstić information content (AvgIpc) is 4.00. The molecular formula is C53H67BrN12O9. The molecule has 0 unspecified atom stereocenters. The standard InChI is InChI=1S/C53H67BrN12O9/c1-32(2)47(58-20-19-57-45(67)16-25-74-26-17-55)50(70)63-41(9-6-18-59-52(56)72)49(69)60-36-12-10-33(11-13-36)48(68)61-37-14-15-40-34(27-37)28-42(62-40)51(71)66-31-35(30-54)46-39-8-5-4-7-38(39)44(29-43(46)66)75-53(73)65-23-21-64(3)22-24-65/h4-5,7-8,10-15,27-29,32,35,41,47,58,62H,6,9,16-26,30-31,55H2,1-3H3,(H,57,67)(H,60,69)(H,61,68)(H,63,70)(H3,56,59,72)/t35-,41+,47+/m1/s1. The maximum absolute atomic E-state index is 14.5. The van der Waals surface area contributed by atoms with Crippen molar-refractivity contribution in [3.05, 3.63) is 95.7 Å². The first-order chi connectivity index (χ1) is 36.1. The number of halogens is 1. The van der Waals surface area contributed by atoms with Crippen molar-refractivity contribution in [2.75, 3.05) is 100 Å². The number of anilines is 3. The van der Waals surface area contributed by atoms with E-state index in [1.54, 1.807) is 64.4 Å². The fraction of sp³-hybridized carbons (Fsp3) is 0.415. The van der Waals surface area contributed by atoms with Crippen molar-refractivity contribution in [2.45, 2.75) is 51.1 Å². The van der Waals surface area contributed by atoms with E-state index in [9.17, 15) is 33.6 Å². The van der Waals surface area contributed by atoms with E-state index in [1.165, 1.54) is 0 Å². The first-order valence-electron chi connectivity index (χ1n) is 25.2. The van der Waals surface area contributed by atoms with Crippen molar-refractivity contribution in [1.29, 1.82) is 0 Å². The van der Waals surface area contributed by atoms with Gasteiger partial charge in [-0.05, 0) is 85.3 Å². The summed E-state index contributed by atoms with van der Waals surface area (Å²) in [7, 11) is 2.02. The number of H-pyrrole nitrogens is 1. The van der Waals surface area contributed by atoms with Crippen molar-refractivity contribution >= 4 is 96.3 Å². The van der Waals surface area contributed by atoms with E-state index in [4.69, 9.17) is 20.9 Å². The summed E-state index contributed by atoms with van der Waals surface area (Å²) in [6.07, 6.45) is 0.252. The number of aromatic amines is 1. The van der Waals surface area contributed by atoms with Crippen LogP contribution in [-0.4, -0.2) is 153 Å². The van der Waals surface area contributed by atoms with Gasteiger partial charge in [0.25, 0.3) is 11.8 Å². The van der Waals surface area contributed by atoms with Crippen molar-refractivity contribution in [3.63, 3.8) is 0 Å². The van der Waals surface area contributed by atoms with Crippen LogP contribution in [0.4, 0.5) is 26.7 Å². The highest BCUT2D eigenvalue weighted by Gasteiger charge is 2.36. The molecule has 8 amide bonds. The summed E-state index contributed by atoms with van der Waals surface area (Å²) in [6, 6.07) is 20.5. The molecule has 0 aliphatic carbocycles. The number of carbonyl (C=O) groups is 7. The Hall–Kier alpha value is -7.11. The summed E-state index contributed by atoms with van der Waals surface area (Å²) in [4.78, 5) is 101. The van der Waals surface area contributed by atoms with Gasteiger partial charge >= 0.3 is 12.1 Å². The summed E-state index contributed by atoms with van der Waals surface area (Å²) in [6.45, 7) is 8.46. The third-order valence-electron chi connectivity index (χ3n) is 13.1. The molecule has 0 bridgehead atoms. The molecule has 0 spiro atoms. The summed E-state index contributed by atoms with van der Waals surface area (Å²) >= 11 is 3.68. The van der Waals surface area contributed by atoms with Crippen LogP contribution in [0.1, 0.15) is 65.4 Å². The molecular weight excluding hydrogens is 1030 g/mol. The number of alkyl halides is 1. The van der Waals surface area contributed by atoms with E-state index in [0.29, 0.717) is 96.1 Å². The van der Waals surface area contributed by atoms with Gasteiger partial charge in [0, 0.05) is 116 Å². The molecule has 0 radical (unpaired) electrons. The number of hydrogen-bond acceptors (Lipinski definition) is 12. The number of carbonyl (C=O) groups excluding carboxylic acids is 7. The monoisotopic (exact) mass is 1090 g/mol. The normalized spacial score (nSPS) is 15.3. The van der Waals surface area contributed by atoms with E-state index in [-0.39, 0.29) is 56.2 Å². The quantitative estimate of drug-likeness (QED) is 0.0325. The minimum atomic E-state index is -1.00. The van der Waals surface area contributed by atoms with Gasteiger partial charge in [-0.1, -0.05) is 54.0 Å². The van der Waals surface area contributed by atoms with E-state index >= 15 is 0 Å². The van der Waals surface area contributed by atoms with Crippen LogP contribution in [0.5, 0.6) is 5.75 Å². The molecule has 400 valence electrons. The molecule has 2 aliphatic heterocycles. The Morgan fingerprint density at radius 3 is 2.27 bits per heavy atom. The van der Waals surface area contributed by atoms with Crippen molar-refractivity contribution < 1.29 is 43.0 Å². The maximum Gasteiger partial charge on any atom is 0.415 e. The van der Waals surface area contributed by atoms with E-state index in [1.807, 2.05) is 45.2 Å². The van der Waals surface area contributed by atoms with Gasteiger partial charge in [0.2, 0.25) is 17.7 Å². The molecule has 0 saturated carbocycles. The van der Waals surface area contributed by atoms with Crippen LogP contribution in [0.25, 0.3) is 21.7 Å². The second-order valence-electron chi connectivity index (χ2n) is 19.0. The largest absolute Gasteiger partial charge is 0.415 e. The summed E-state index contributed by atoms with van der Waals surface area (Å²) < 4.78 is 11.3. The SMILES string of the molecule is CC(C)[C@H](NCCNC(=O)CCOCCN)C(=O)N[C@@H](CCCNC(N)=O)C(=O)Nc1ccc(C(=O)Nc2ccc3[nH]c(C(=O)N4C[C@@H](CBr)c5c4cc(OC(=O)N4CCN(C)CC4)c4ccccc54)cc3c2)cc1. The second-order valence-corrected chi connectivity index (χ2v) is 19.6. The zero-order valence-electron chi connectivity index (χ0n) is 42.5. The Morgan fingerprint density at radius 2 is 1.56 bits per heavy atom. The molecule has 1 saturated heterocycles. The Balaban J connectivity index is 0.979. The molecule has 3 heterocycles. The highest BCUT2D eigenvalue weighted by atomic mass is 79.9. The number of benzene rings is 4. The predicted molar refractivity (Wildman–Crippen MR) is 291 cm³/mol. The molecule has 75 heavy (non-hydrogen) atoms. The number of likely N-dealkylation sites (N-methyl/N-ethyl adjacent to an activating group) is 1. The third-order valence-corrected chi connectivity index (χ3v) is 13.9. The lowest BCUT2D eigenvalue weighted by Gasteiger charge is -2.31. The summed E-state index contributed by atoms with van der Waals surface area (Å²) in [5.41, 5.74) is 14.5. The van der Waals surface area contributed by atoms with Crippen LogP contribution in [0.15, 0.2) is 78.9 Å². The highest BCUT2D eigenvalue weighted by molar-refractivity contribution is 9.09. The molecule has 3 atom stereocenters. The van der Waals surface area contributed by atoms with Crippen LogP contribution < -0.4 is 53.0 Å². The summed E-state index contributed by atoms with van der Waals surface area (Å²) in [5, 5.41) is 20.0. The number of urea groups is 1. The number of nitrogens with zero attached hydrogens (tertiary/aromatic N) is 3. The van der Waals surface area contributed by atoms with Crippen LogP contribution in [0.2, 0.25) is 0 Å². The van der Waals surface area contributed by atoms with Gasteiger partial charge in [-0.25, -0.2) is 9.59 Å². The smallest absolute Gasteiger partial charge is 0.409 e. The first-order valence-corrected chi connectivity index (χ1v) is 26.3. The van der Waals surface area contributed by atoms with Gasteiger partial charge in [0.1, 0.15) is 17.5 Å². The Morgan fingerprint density at radius 1 is 0.827 bits per heavy atom.